The molecule has 0 N–H and O–H groups in total. The van der Waals surface area contributed by atoms with Crippen molar-refractivity contribution in [3.63, 3.8) is 0 Å². The van der Waals surface area contributed by atoms with Crippen LogP contribution in [-0.4, -0.2) is 0 Å². The molecule has 0 aromatic heterocycles. The Balaban J connectivity index is 0.000000222. The highest BCUT2D eigenvalue weighted by atomic mass is 14.0. The van der Waals surface area contributed by atoms with Crippen molar-refractivity contribution in [1.82, 2.24) is 0 Å². The zero-order valence-electron chi connectivity index (χ0n) is 11.9. The van der Waals surface area contributed by atoms with Crippen molar-refractivity contribution in [1.29, 1.82) is 0 Å². The third-order valence-corrected chi connectivity index (χ3v) is 3.50. The van der Waals surface area contributed by atoms with Gasteiger partial charge in [-0.1, -0.05) is 104 Å². The molecule has 2 rings (SSSR count). The molecule has 0 radical (unpaired) electrons. The molecule has 0 aromatic carbocycles. The Morgan fingerprint density at radius 2 is 0.500 bits per heavy atom. The van der Waals surface area contributed by atoms with Gasteiger partial charge in [-0.05, 0) is 0 Å². The van der Waals surface area contributed by atoms with E-state index >= 15 is 0 Å². The van der Waals surface area contributed by atoms with Crippen molar-refractivity contribution in [2.75, 3.05) is 0 Å². The molecule has 0 heteroatoms. The summed E-state index contributed by atoms with van der Waals surface area (Å²) in [5, 5.41) is 0. The molecule has 2 aliphatic carbocycles. The molecule has 0 aromatic rings. The van der Waals surface area contributed by atoms with Gasteiger partial charge in [0.15, 0.2) is 0 Å². The van der Waals surface area contributed by atoms with Crippen LogP contribution in [0, 0.1) is 0 Å². The van der Waals surface area contributed by atoms with Crippen LogP contribution in [-0.2, 0) is 0 Å². The van der Waals surface area contributed by atoms with Crippen molar-refractivity contribution >= 4 is 0 Å². The van der Waals surface area contributed by atoms with Crippen LogP contribution in [0.2, 0.25) is 0 Å². The average Bonchev–Trinajstić information content (AvgIpc) is 2.78. The van der Waals surface area contributed by atoms with Gasteiger partial charge in [-0.15, -0.1) is 0 Å². The fourth-order valence-corrected chi connectivity index (χ4v) is 2.12. The molecule has 0 atom stereocenters. The molecule has 2 fully saturated rings. The predicted molar refractivity (Wildman–Crippen MR) is 76.0 cm³/mol. The lowest BCUT2D eigenvalue weighted by Gasteiger charge is -1.85. The van der Waals surface area contributed by atoms with Gasteiger partial charge in [-0.2, -0.15) is 0 Å². The van der Waals surface area contributed by atoms with Crippen molar-refractivity contribution < 1.29 is 0 Å². The maximum atomic E-state index is 2.18. The Morgan fingerprint density at radius 3 is 0.562 bits per heavy atom. The summed E-state index contributed by atoms with van der Waals surface area (Å²) in [5.41, 5.74) is 0. The third-order valence-electron chi connectivity index (χ3n) is 3.50. The zero-order chi connectivity index (χ0) is 11.9. The van der Waals surface area contributed by atoms with Crippen molar-refractivity contribution in [2.24, 2.45) is 0 Å². The van der Waals surface area contributed by atoms with Gasteiger partial charge < -0.3 is 0 Å². The maximum Gasteiger partial charge on any atom is -0.0533 e. The molecule has 16 heavy (non-hydrogen) atoms. The Bertz CT molecular complexity index is 73.3. The lowest BCUT2D eigenvalue weighted by molar-refractivity contribution is 0.702. The van der Waals surface area contributed by atoms with Gasteiger partial charge in [0.25, 0.3) is 0 Å². The van der Waals surface area contributed by atoms with Crippen LogP contribution in [0.5, 0.6) is 0 Å². The second kappa shape index (κ2) is 15.0. The summed E-state index contributed by atoms with van der Waals surface area (Å²) in [6, 6.07) is 0. The van der Waals surface area contributed by atoms with Crippen LogP contribution >= 0.6 is 0 Å². The zero-order valence-corrected chi connectivity index (χ0v) is 11.9. The fourth-order valence-electron chi connectivity index (χ4n) is 2.12. The van der Waals surface area contributed by atoms with Gasteiger partial charge in [0.1, 0.15) is 0 Å². The van der Waals surface area contributed by atoms with E-state index in [1.54, 1.807) is 0 Å². The highest BCUT2D eigenvalue weighted by molar-refractivity contribution is 4.51. The Labute approximate surface area is 104 Å². The summed E-state index contributed by atoms with van der Waals surface area (Å²) < 4.78 is 0. The summed E-state index contributed by atoms with van der Waals surface area (Å²) in [7, 11) is 0. The van der Waals surface area contributed by atoms with E-state index in [0.717, 1.165) is 0 Å². The molecule has 2 aliphatic rings. The normalized spacial score (nSPS) is 19.9. The van der Waals surface area contributed by atoms with Crippen LogP contribution < -0.4 is 0 Å². The fraction of sp³-hybridized carbons (Fsp3) is 1.00. The van der Waals surface area contributed by atoms with Crippen molar-refractivity contribution in [3.8, 4) is 0 Å². The molecule has 0 unspecified atom stereocenters. The van der Waals surface area contributed by atoms with Crippen LogP contribution in [0.25, 0.3) is 0 Å². The Kier molecular flexibility index (Phi) is 15.0. The third kappa shape index (κ3) is 14.0. The first-order chi connectivity index (χ1) is 7.91. The Morgan fingerprint density at radius 1 is 0.375 bits per heavy atom. The minimum Gasteiger partial charge on any atom is -0.0654 e. The van der Waals surface area contributed by atoms with E-state index in [2.05, 4.69) is 13.8 Å². The van der Waals surface area contributed by atoms with Crippen LogP contribution in [0.15, 0.2) is 0 Å². The molecule has 0 saturated heterocycles. The summed E-state index contributed by atoms with van der Waals surface area (Å²) in [6.45, 7) is 4.36. The maximum absolute atomic E-state index is 2.18. The van der Waals surface area contributed by atoms with Gasteiger partial charge in [0, 0.05) is 0 Å². The number of hydrogen-bond donors (Lipinski definition) is 0. The summed E-state index contributed by atoms with van der Waals surface area (Å²) >= 11 is 0. The largest absolute Gasteiger partial charge is 0.0654 e. The van der Waals surface area contributed by atoms with E-state index in [9.17, 15) is 0 Å². The molecule has 0 heterocycles. The lowest BCUT2D eigenvalue weighted by atomic mass is 10.2. The summed E-state index contributed by atoms with van der Waals surface area (Å²) in [6.07, 6.45) is 20.6. The SMILES string of the molecule is C1CCCC1.C1CCCCCC1.CCCC. The standard InChI is InChI=1S/C7H14.C5H10.C4H10/c1-2-4-6-7-5-3-1;1-2-4-5-3-1;1-3-4-2/h1-7H2;1-5H2;3-4H2,1-2H3. The predicted octanol–water partition coefficient (Wildman–Crippen LogP) is 6.49. The van der Waals surface area contributed by atoms with Gasteiger partial charge in [0.2, 0.25) is 0 Å². The van der Waals surface area contributed by atoms with Gasteiger partial charge in [-0.3, -0.25) is 0 Å². The van der Waals surface area contributed by atoms with E-state index in [1.807, 2.05) is 0 Å². The number of hydrogen-bond acceptors (Lipinski definition) is 0. The minimum atomic E-state index is 1.32. The summed E-state index contributed by atoms with van der Waals surface area (Å²) in [4.78, 5) is 0. The quantitative estimate of drug-likeness (QED) is 0.448. The first-order valence-corrected chi connectivity index (χ1v) is 7.91. The first-order valence-electron chi connectivity index (χ1n) is 7.91. The molecule has 0 nitrogen and oxygen atoms in total. The van der Waals surface area contributed by atoms with E-state index < -0.39 is 0 Å². The van der Waals surface area contributed by atoms with Crippen LogP contribution in [0.3, 0.4) is 0 Å². The Hall–Kier alpha value is 0. The number of unbranched alkanes of at least 4 members (excludes halogenated alkanes) is 1. The first kappa shape index (κ1) is 16.0. The van der Waals surface area contributed by atoms with E-state index in [0.29, 0.717) is 0 Å². The van der Waals surface area contributed by atoms with E-state index in [-0.39, 0.29) is 0 Å². The van der Waals surface area contributed by atoms with Crippen molar-refractivity contribution in [2.45, 2.75) is 104 Å². The monoisotopic (exact) mass is 226 g/mol. The second-order valence-corrected chi connectivity index (χ2v) is 5.24. The smallest absolute Gasteiger partial charge is 0.0533 e. The number of rotatable bonds is 1. The minimum absolute atomic E-state index is 1.32. The molecule has 2 saturated carbocycles. The molecule has 0 spiro atoms. The van der Waals surface area contributed by atoms with E-state index in [4.69, 9.17) is 0 Å². The second-order valence-electron chi connectivity index (χ2n) is 5.24. The summed E-state index contributed by atoms with van der Waals surface area (Å²) in [5.74, 6) is 0. The molecule has 98 valence electrons. The van der Waals surface area contributed by atoms with Crippen LogP contribution in [0.1, 0.15) is 104 Å². The molecule has 0 amide bonds. The highest BCUT2D eigenvalue weighted by Gasteiger charge is 1.96. The molecule has 0 aliphatic heterocycles. The van der Waals surface area contributed by atoms with E-state index in [1.165, 1.54) is 89.9 Å². The van der Waals surface area contributed by atoms with Crippen LogP contribution in [0.4, 0.5) is 0 Å². The van der Waals surface area contributed by atoms with Gasteiger partial charge in [-0.25, -0.2) is 0 Å². The topological polar surface area (TPSA) is 0 Å². The molecular formula is C16H34. The highest BCUT2D eigenvalue weighted by Crippen LogP contribution is 2.15. The lowest BCUT2D eigenvalue weighted by Crippen LogP contribution is -1.66. The molecule has 0 bridgehead atoms. The van der Waals surface area contributed by atoms with Gasteiger partial charge >= 0.3 is 0 Å². The van der Waals surface area contributed by atoms with Gasteiger partial charge in [0.05, 0.1) is 0 Å². The molecular weight excluding hydrogens is 192 g/mol. The van der Waals surface area contributed by atoms with Crippen molar-refractivity contribution in [3.05, 3.63) is 0 Å². The average molecular weight is 226 g/mol.